The smallest absolute Gasteiger partial charge is 0.407 e. The molecule has 0 aliphatic carbocycles. The van der Waals surface area contributed by atoms with Crippen LogP contribution in [0.2, 0.25) is 0 Å². The number of rotatable bonds is 6. The Labute approximate surface area is 123 Å². The van der Waals surface area contributed by atoms with Crippen LogP contribution in [-0.2, 0) is 27.2 Å². The Bertz CT molecular complexity index is 480. The average molecular weight is 299 g/mol. The number of nitrogens with one attached hydrogen (secondary N) is 1. The fraction of sp³-hybridized carbons (Fsp3) is 0.750. The molecule has 0 saturated carbocycles. The highest BCUT2D eigenvalue weighted by Gasteiger charge is 2.16. The Morgan fingerprint density at radius 3 is 2.67 bits per heavy atom. The van der Waals surface area contributed by atoms with Crippen molar-refractivity contribution < 1.29 is 19.1 Å². The van der Waals surface area contributed by atoms with Crippen LogP contribution >= 0.6 is 0 Å². The Balaban J connectivity index is 2.41. The largest absolute Gasteiger partial charge is 0.466 e. The molecule has 0 aromatic carbocycles. The minimum absolute atomic E-state index is 0.00667. The second kappa shape index (κ2) is 7.55. The summed E-state index contributed by atoms with van der Waals surface area (Å²) in [6.07, 6.45) is -0.518. The van der Waals surface area contributed by atoms with Crippen LogP contribution < -0.4 is 5.32 Å². The zero-order chi connectivity index (χ0) is 15.9. The topological polar surface area (TPSA) is 108 Å². The van der Waals surface area contributed by atoms with Gasteiger partial charge in [0.25, 0.3) is 0 Å². The Hall–Kier alpha value is -2.19. The van der Waals surface area contributed by atoms with Gasteiger partial charge in [-0.2, -0.15) is 0 Å². The molecule has 21 heavy (non-hydrogen) atoms. The molecule has 118 valence electrons. The molecule has 9 heteroatoms. The lowest BCUT2D eigenvalue weighted by atomic mass is 10.2. The lowest BCUT2D eigenvalue weighted by Crippen LogP contribution is -2.34. The van der Waals surface area contributed by atoms with Crippen molar-refractivity contribution in [2.24, 2.45) is 0 Å². The molecule has 0 fully saturated rings. The van der Waals surface area contributed by atoms with Crippen LogP contribution in [0.5, 0.6) is 0 Å². The van der Waals surface area contributed by atoms with Crippen molar-refractivity contribution in [1.29, 1.82) is 0 Å². The van der Waals surface area contributed by atoms with E-state index < -0.39 is 17.7 Å². The van der Waals surface area contributed by atoms with Gasteiger partial charge in [-0.15, -0.1) is 5.10 Å². The maximum atomic E-state index is 11.5. The van der Waals surface area contributed by atoms with Crippen molar-refractivity contribution in [1.82, 2.24) is 25.5 Å². The van der Waals surface area contributed by atoms with Gasteiger partial charge in [0.05, 0.1) is 13.2 Å². The van der Waals surface area contributed by atoms with Gasteiger partial charge in [0.2, 0.25) is 0 Å². The maximum absolute atomic E-state index is 11.5. The van der Waals surface area contributed by atoms with E-state index in [2.05, 4.69) is 20.8 Å². The van der Waals surface area contributed by atoms with E-state index >= 15 is 0 Å². The first kappa shape index (κ1) is 16.9. The normalized spacial score (nSPS) is 11.0. The van der Waals surface area contributed by atoms with Crippen molar-refractivity contribution in [2.75, 3.05) is 13.2 Å². The molecule has 1 aromatic heterocycles. The number of carbonyl (C=O) groups is 2. The quantitative estimate of drug-likeness (QED) is 0.753. The number of nitrogens with zero attached hydrogens (tertiary/aromatic N) is 4. The van der Waals surface area contributed by atoms with Crippen LogP contribution in [-0.4, -0.2) is 51.0 Å². The molecule has 1 aromatic rings. The number of hydrogen-bond acceptors (Lipinski definition) is 7. The van der Waals surface area contributed by atoms with E-state index in [9.17, 15) is 9.59 Å². The predicted octanol–water partition coefficient (Wildman–Crippen LogP) is 0.303. The summed E-state index contributed by atoms with van der Waals surface area (Å²) in [6, 6.07) is 0. The monoisotopic (exact) mass is 299 g/mol. The molecular weight excluding hydrogens is 278 g/mol. The number of tetrazole rings is 1. The molecule has 1 rings (SSSR count). The zero-order valence-electron chi connectivity index (χ0n) is 12.8. The van der Waals surface area contributed by atoms with Gasteiger partial charge in [-0.05, 0) is 38.1 Å². The third-order valence-electron chi connectivity index (χ3n) is 2.21. The van der Waals surface area contributed by atoms with E-state index in [1.807, 2.05) is 0 Å². The lowest BCUT2D eigenvalue weighted by Gasteiger charge is -2.19. The Morgan fingerprint density at radius 2 is 2.05 bits per heavy atom. The number of amides is 1. The van der Waals surface area contributed by atoms with Gasteiger partial charge in [0.1, 0.15) is 12.0 Å². The summed E-state index contributed by atoms with van der Waals surface area (Å²) in [5.41, 5.74) is -0.548. The van der Waals surface area contributed by atoms with Crippen molar-refractivity contribution >= 4 is 12.1 Å². The van der Waals surface area contributed by atoms with Gasteiger partial charge in [0.15, 0.2) is 5.82 Å². The van der Waals surface area contributed by atoms with Gasteiger partial charge in [-0.3, -0.25) is 4.79 Å². The zero-order valence-corrected chi connectivity index (χ0v) is 12.8. The minimum atomic E-state index is -0.548. The van der Waals surface area contributed by atoms with Crippen LogP contribution in [0.1, 0.15) is 33.5 Å². The summed E-state index contributed by atoms with van der Waals surface area (Å²) < 4.78 is 11.4. The molecule has 0 aliphatic heterocycles. The molecule has 9 nitrogen and oxygen atoms in total. The highest BCUT2D eigenvalue weighted by atomic mass is 16.6. The standard InChI is InChI=1S/C12H21N5O4/c1-5-20-10(18)8-9-14-15-16-17(9)7-6-13-11(19)21-12(2,3)4/h5-8H2,1-4H3,(H,13,19). The first-order valence-electron chi connectivity index (χ1n) is 6.69. The molecule has 0 spiro atoms. The summed E-state index contributed by atoms with van der Waals surface area (Å²) in [7, 11) is 0. The summed E-state index contributed by atoms with van der Waals surface area (Å²) in [4.78, 5) is 22.8. The van der Waals surface area contributed by atoms with Gasteiger partial charge >= 0.3 is 12.1 Å². The molecule has 0 atom stereocenters. The van der Waals surface area contributed by atoms with E-state index in [1.165, 1.54) is 4.68 Å². The molecule has 0 saturated heterocycles. The summed E-state index contributed by atoms with van der Waals surface area (Å²) in [5, 5.41) is 13.6. The van der Waals surface area contributed by atoms with Crippen molar-refractivity contribution in [3.63, 3.8) is 0 Å². The van der Waals surface area contributed by atoms with Crippen molar-refractivity contribution in [2.45, 2.75) is 46.3 Å². The van der Waals surface area contributed by atoms with Crippen LogP contribution in [0.4, 0.5) is 4.79 Å². The van der Waals surface area contributed by atoms with Gasteiger partial charge < -0.3 is 14.8 Å². The maximum Gasteiger partial charge on any atom is 0.407 e. The summed E-state index contributed by atoms with van der Waals surface area (Å²) in [6.45, 7) is 8.01. The molecule has 0 bridgehead atoms. The van der Waals surface area contributed by atoms with Crippen molar-refractivity contribution in [3.8, 4) is 0 Å². The van der Waals surface area contributed by atoms with E-state index in [0.717, 1.165) is 0 Å². The fourth-order valence-corrected chi connectivity index (χ4v) is 1.44. The molecular formula is C12H21N5O4. The lowest BCUT2D eigenvalue weighted by molar-refractivity contribution is -0.142. The second-order valence-electron chi connectivity index (χ2n) is 5.23. The molecule has 0 aliphatic rings. The number of alkyl carbamates (subject to hydrolysis) is 1. The number of ether oxygens (including phenoxy) is 2. The van der Waals surface area contributed by atoms with Gasteiger partial charge in [-0.25, -0.2) is 9.48 Å². The highest BCUT2D eigenvalue weighted by molar-refractivity contribution is 5.71. The van der Waals surface area contributed by atoms with E-state index in [-0.39, 0.29) is 13.0 Å². The predicted molar refractivity (Wildman–Crippen MR) is 72.4 cm³/mol. The van der Waals surface area contributed by atoms with Crippen LogP contribution in [0.3, 0.4) is 0 Å². The summed E-state index contributed by atoms with van der Waals surface area (Å²) in [5.74, 6) is -0.00640. The first-order chi connectivity index (χ1) is 9.81. The highest BCUT2D eigenvalue weighted by Crippen LogP contribution is 2.06. The molecule has 0 unspecified atom stereocenters. The third kappa shape index (κ3) is 6.68. The molecule has 1 N–H and O–H groups in total. The first-order valence-corrected chi connectivity index (χ1v) is 6.69. The Morgan fingerprint density at radius 1 is 1.33 bits per heavy atom. The number of esters is 1. The molecule has 0 radical (unpaired) electrons. The van der Waals surface area contributed by atoms with Crippen LogP contribution in [0.15, 0.2) is 0 Å². The number of aromatic nitrogens is 4. The van der Waals surface area contributed by atoms with Crippen LogP contribution in [0, 0.1) is 0 Å². The number of hydrogen-bond donors (Lipinski definition) is 1. The summed E-state index contributed by atoms with van der Waals surface area (Å²) >= 11 is 0. The number of carbonyl (C=O) groups excluding carboxylic acids is 2. The second-order valence-corrected chi connectivity index (χ2v) is 5.23. The van der Waals surface area contributed by atoms with Gasteiger partial charge in [-0.1, -0.05) is 0 Å². The average Bonchev–Trinajstić information content (AvgIpc) is 2.74. The minimum Gasteiger partial charge on any atom is -0.466 e. The van der Waals surface area contributed by atoms with Gasteiger partial charge in [0, 0.05) is 6.54 Å². The molecule has 1 amide bonds. The van der Waals surface area contributed by atoms with Crippen molar-refractivity contribution in [3.05, 3.63) is 5.82 Å². The Kier molecular flexibility index (Phi) is 6.07. The molecule has 1 heterocycles. The fourth-order valence-electron chi connectivity index (χ4n) is 1.44. The SMILES string of the molecule is CCOC(=O)Cc1nnnn1CCNC(=O)OC(C)(C)C. The third-order valence-corrected chi connectivity index (χ3v) is 2.21. The van der Waals surface area contributed by atoms with Crippen LogP contribution in [0.25, 0.3) is 0 Å². The van der Waals surface area contributed by atoms with E-state index in [0.29, 0.717) is 19.0 Å². The van der Waals surface area contributed by atoms with E-state index in [4.69, 9.17) is 9.47 Å². The van der Waals surface area contributed by atoms with E-state index in [1.54, 1.807) is 27.7 Å².